The number of halogens is 3. The maximum absolute atomic E-state index is 14.8. The van der Waals surface area contributed by atoms with Crippen LogP contribution in [0.4, 0.5) is 4.39 Å². The number of hydrogen-bond donors (Lipinski definition) is 2. The number of carbonyl (C=O) groups is 1. The van der Waals surface area contributed by atoms with Crippen molar-refractivity contribution < 1.29 is 17.6 Å². The molecule has 9 nitrogen and oxygen atoms in total. The second-order valence-corrected chi connectivity index (χ2v) is 10.4. The highest BCUT2D eigenvalue weighted by atomic mass is 35.5. The van der Waals surface area contributed by atoms with E-state index in [0.29, 0.717) is 5.02 Å². The Labute approximate surface area is 199 Å². The number of aromatic amines is 1. The standard InChI is InChI=1S/C20H19Cl2FN6O3S/c21-13-3-4-14(15(22)10-13)19(30)25-12-20(18-16(23)2-1-7-24-18)5-8-29(9-6-20)33(31,32)17-11-26-28-27-17/h1-4,7,10-11H,5-6,8-9,12H2,(H,25,30)(H,26,27,28). The molecular weight excluding hydrogens is 494 g/mol. The van der Waals surface area contributed by atoms with Gasteiger partial charge >= 0.3 is 0 Å². The Morgan fingerprint density at radius 1 is 1.24 bits per heavy atom. The van der Waals surface area contributed by atoms with Crippen molar-refractivity contribution in [1.29, 1.82) is 0 Å². The molecule has 3 aromatic rings. The van der Waals surface area contributed by atoms with Crippen LogP contribution in [-0.2, 0) is 15.4 Å². The molecule has 13 heteroatoms. The van der Waals surface area contributed by atoms with E-state index in [2.05, 4.69) is 25.7 Å². The summed E-state index contributed by atoms with van der Waals surface area (Å²) >= 11 is 12.0. The largest absolute Gasteiger partial charge is 0.351 e. The van der Waals surface area contributed by atoms with Gasteiger partial charge in [-0.1, -0.05) is 28.4 Å². The maximum atomic E-state index is 14.8. The Kier molecular flexibility index (Phi) is 6.66. The minimum absolute atomic E-state index is 0.0383. The summed E-state index contributed by atoms with van der Waals surface area (Å²) < 4.78 is 41.6. The molecule has 2 N–H and O–H groups in total. The molecule has 4 rings (SSSR count). The molecule has 1 fully saturated rings. The summed E-state index contributed by atoms with van der Waals surface area (Å²) in [5.74, 6) is -0.978. The molecule has 1 saturated heterocycles. The van der Waals surface area contributed by atoms with Crippen LogP contribution in [0.15, 0.2) is 47.8 Å². The van der Waals surface area contributed by atoms with Crippen molar-refractivity contribution in [3.63, 3.8) is 0 Å². The number of piperidine rings is 1. The van der Waals surface area contributed by atoms with E-state index in [1.165, 1.54) is 41.0 Å². The summed E-state index contributed by atoms with van der Waals surface area (Å²) in [6, 6.07) is 7.27. The molecule has 174 valence electrons. The molecule has 0 saturated carbocycles. The number of H-pyrrole nitrogens is 1. The van der Waals surface area contributed by atoms with Gasteiger partial charge in [0.1, 0.15) is 5.82 Å². The number of aromatic nitrogens is 4. The number of benzene rings is 1. The molecule has 1 aliphatic rings. The number of rotatable bonds is 6. The van der Waals surface area contributed by atoms with Crippen LogP contribution in [0.3, 0.4) is 0 Å². The lowest BCUT2D eigenvalue weighted by Crippen LogP contribution is -2.51. The SMILES string of the molecule is O=C(NCC1(c2ncccc2F)CCN(S(=O)(=O)c2c[nH]nn2)CC1)c1ccc(Cl)cc1Cl. The van der Waals surface area contributed by atoms with Crippen LogP contribution in [0, 0.1) is 5.82 Å². The highest BCUT2D eigenvalue weighted by molar-refractivity contribution is 7.89. The lowest BCUT2D eigenvalue weighted by Gasteiger charge is -2.40. The van der Waals surface area contributed by atoms with Crippen molar-refractivity contribution in [2.75, 3.05) is 19.6 Å². The van der Waals surface area contributed by atoms with E-state index in [1.807, 2.05) is 0 Å². The number of nitrogens with one attached hydrogen (secondary N) is 2. The number of amides is 1. The second-order valence-electron chi connectivity index (χ2n) is 7.64. The van der Waals surface area contributed by atoms with E-state index in [4.69, 9.17) is 23.2 Å². The molecule has 1 amide bonds. The summed E-state index contributed by atoms with van der Waals surface area (Å²) in [4.78, 5) is 17.0. The van der Waals surface area contributed by atoms with Gasteiger partial charge in [0, 0.05) is 36.3 Å². The third kappa shape index (κ3) is 4.72. The van der Waals surface area contributed by atoms with Crippen LogP contribution in [0.5, 0.6) is 0 Å². The molecule has 0 radical (unpaired) electrons. The van der Waals surface area contributed by atoms with Crippen molar-refractivity contribution in [2.45, 2.75) is 23.3 Å². The summed E-state index contributed by atoms with van der Waals surface area (Å²) in [6.07, 6.45) is 3.13. The maximum Gasteiger partial charge on any atom is 0.264 e. The van der Waals surface area contributed by atoms with Gasteiger partial charge in [0.15, 0.2) is 0 Å². The molecule has 33 heavy (non-hydrogen) atoms. The van der Waals surface area contributed by atoms with Gasteiger partial charge in [-0.3, -0.25) is 14.9 Å². The Hall–Kier alpha value is -2.60. The van der Waals surface area contributed by atoms with Crippen LogP contribution >= 0.6 is 23.2 Å². The van der Waals surface area contributed by atoms with Crippen molar-refractivity contribution >= 4 is 39.1 Å². The topological polar surface area (TPSA) is 121 Å². The average molecular weight is 513 g/mol. The van der Waals surface area contributed by atoms with Gasteiger partial charge in [0.05, 0.1) is 22.5 Å². The Bertz CT molecular complexity index is 1260. The van der Waals surface area contributed by atoms with E-state index in [1.54, 1.807) is 6.07 Å². The summed E-state index contributed by atoms with van der Waals surface area (Å²) in [7, 11) is -3.85. The summed E-state index contributed by atoms with van der Waals surface area (Å²) in [5, 5.41) is 12.6. The van der Waals surface area contributed by atoms with E-state index in [-0.39, 0.29) is 53.8 Å². The lowest BCUT2D eigenvalue weighted by atomic mass is 9.75. The molecule has 1 aliphatic heterocycles. The minimum Gasteiger partial charge on any atom is -0.351 e. The lowest BCUT2D eigenvalue weighted by molar-refractivity contribution is 0.0931. The van der Waals surface area contributed by atoms with Gasteiger partial charge in [0.25, 0.3) is 15.9 Å². The predicted octanol–water partition coefficient (Wildman–Crippen LogP) is 2.80. The van der Waals surface area contributed by atoms with E-state index < -0.39 is 27.2 Å². The fourth-order valence-electron chi connectivity index (χ4n) is 3.90. The van der Waals surface area contributed by atoms with Gasteiger partial charge in [-0.25, -0.2) is 12.8 Å². The van der Waals surface area contributed by atoms with Crippen molar-refractivity contribution in [3.8, 4) is 0 Å². The fraction of sp³-hybridized carbons (Fsp3) is 0.300. The van der Waals surface area contributed by atoms with E-state index >= 15 is 0 Å². The first-order chi connectivity index (χ1) is 15.7. The van der Waals surface area contributed by atoms with Gasteiger partial charge < -0.3 is 5.32 Å². The first-order valence-corrected chi connectivity index (χ1v) is 12.1. The van der Waals surface area contributed by atoms with Crippen molar-refractivity contribution in [1.82, 2.24) is 30.0 Å². The molecule has 0 unspecified atom stereocenters. The number of sulfonamides is 1. The zero-order chi connectivity index (χ0) is 23.6. The zero-order valence-electron chi connectivity index (χ0n) is 17.1. The smallest absolute Gasteiger partial charge is 0.264 e. The molecule has 1 aromatic carbocycles. The second kappa shape index (κ2) is 9.34. The van der Waals surface area contributed by atoms with Crippen LogP contribution < -0.4 is 5.32 Å². The first kappa shape index (κ1) is 23.6. The Balaban J connectivity index is 1.57. The third-order valence-corrected chi connectivity index (χ3v) is 8.02. The summed E-state index contributed by atoms with van der Waals surface area (Å²) in [6.45, 7) is 0.210. The third-order valence-electron chi connectivity index (χ3n) is 5.70. The highest BCUT2D eigenvalue weighted by Gasteiger charge is 2.43. The minimum atomic E-state index is -3.85. The number of hydrogen-bond acceptors (Lipinski definition) is 6. The van der Waals surface area contributed by atoms with E-state index in [9.17, 15) is 17.6 Å². The molecule has 0 spiro atoms. The quantitative estimate of drug-likeness (QED) is 0.523. The first-order valence-electron chi connectivity index (χ1n) is 9.94. The van der Waals surface area contributed by atoms with Crippen LogP contribution in [0.1, 0.15) is 28.9 Å². The van der Waals surface area contributed by atoms with Gasteiger partial charge in [-0.15, -0.1) is 5.10 Å². The summed E-state index contributed by atoms with van der Waals surface area (Å²) in [5.41, 5.74) is -0.523. The molecule has 0 bridgehead atoms. The number of nitrogens with zero attached hydrogens (tertiary/aromatic N) is 4. The molecule has 0 atom stereocenters. The van der Waals surface area contributed by atoms with Gasteiger partial charge in [-0.2, -0.15) is 4.31 Å². The van der Waals surface area contributed by atoms with Crippen LogP contribution in [0.2, 0.25) is 10.0 Å². The zero-order valence-corrected chi connectivity index (χ0v) is 19.5. The molecule has 0 aliphatic carbocycles. The Morgan fingerprint density at radius 2 is 2.00 bits per heavy atom. The predicted molar refractivity (Wildman–Crippen MR) is 119 cm³/mol. The molecule has 3 heterocycles. The van der Waals surface area contributed by atoms with Crippen LogP contribution in [-0.4, -0.2) is 58.7 Å². The monoisotopic (exact) mass is 512 g/mol. The van der Waals surface area contributed by atoms with Crippen molar-refractivity contribution in [2.24, 2.45) is 0 Å². The number of pyridine rings is 1. The average Bonchev–Trinajstić information content (AvgIpc) is 3.34. The fourth-order valence-corrected chi connectivity index (χ4v) is 5.66. The van der Waals surface area contributed by atoms with Crippen molar-refractivity contribution in [3.05, 3.63) is 69.8 Å². The van der Waals surface area contributed by atoms with Gasteiger partial charge in [0.2, 0.25) is 5.03 Å². The Morgan fingerprint density at radius 3 is 2.64 bits per heavy atom. The highest BCUT2D eigenvalue weighted by Crippen LogP contribution is 2.37. The normalized spacial score (nSPS) is 16.5. The number of carbonyl (C=O) groups excluding carboxylic acids is 1. The van der Waals surface area contributed by atoms with E-state index in [0.717, 1.165) is 0 Å². The van der Waals surface area contributed by atoms with Gasteiger partial charge in [-0.05, 0) is 43.2 Å². The van der Waals surface area contributed by atoms with Crippen LogP contribution in [0.25, 0.3) is 0 Å². The molecular formula is C20H19Cl2FN6O3S. The molecule has 2 aromatic heterocycles.